The lowest BCUT2D eigenvalue weighted by molar-refractivity contribution is -0.384. The zero-order valence-electron chi connectivity index (χ0n) is 11.9. The van der Waals surface area contributed by atoms with Crippen molar-refractivity contribution in [2.45, 2.75) is 26.1 Å². The summed E-state index contributed by atoms with van der Waals surface area (Å²) in [6.45, 7) is 3.55. The van der Waals surface area contributed by atoms with Crippen molar-refractivity contribution >= 4 is 34.3 Å². The highest BCUT2D eigenvalue weighted by atomic mass is 35.5. The molecule has 0 saturated heterocycles. The fourth-order valence-corrected chi connectivity index (χ4v) is 2.96. The smallest absolute Gasteiger partial charge is 0.370 e. The van der Waals surface area contributed by atoms with Gasteiger partial charge >= 0.3 is 6.18 Å². The molecule has 1 N–H and O–H groups in total. The van der Waals surface area contributed by atoms with Gasteiger partial charge in [0.2, 0.25) is 0 Å². The summed E-state index contributed by atoms with van der Waals surface area (Å²) < 4.78 is 38.5. The standard InChI is InChI=1S/C13H11ClF3N3O2S/c1-6-5-18-12(23-6)7(2)19-10-4-9(14)8(13(15,16)17)3-11(10)20(21)22/h3-5,7,19H,1-2H3. The summed E-state index contributed by atoms with van der Waals surface area (Å²) in [5, 5.41) is 13.9. The molecule has 0 aliphatic carbocycles. The Morgan fingerprint density at radius 2 is 2.09 bits per heavy atom. The van der Waals surface area contributed by atoms with Crippen molar-refractivity contribution in [1.29, 1.82) is 0 Å². The van der Waals surface area contributed by atoms with Crippen LogP contribution in [-0.4, -0.2) is 9.91 Å². The summed E-state index contributed by atoms with van der Waals surface area (Å²) in [5.74, 6) is 0. The number of rotatable bonds is 4. The van der Waals surface area contributed by atoms with Crippen LogP contribution in [0.1, 0.15) is 28.4 Å². The number of nitrogens with one attached hydrogen (secondary N) is 1. The van der Waals surface area contributed by atoms with Crippen molar-refractivity contribution in [2.75, 3.05) is 5.32 Å². The van der Waals surface area contributed by atoms with Crippen LogP contribution in [0.3, 0.4) is 0 Å². The molecule has 0 radical (unpaired) electrons. The minimum absolute atomic E-state index is 0.0895. The third-order valence-electron chi connectivity index (χ3n) is 2.97. The second-order valence-corrected chi connectivity index (χ2v) is 6.45. The zero-order chi connectivity index (χ0) is 17.4. The Labute approximate surface area is 138 Å². The lowest BCUT2D eigenvalue weighted by Gasteiger charge is -2.15. The number of nitro groups is 1. The van der Waals surface area contributed by atoms with E-state index < -0.39 is 33.4 Å². The van der Waals surface area contributed by atoms with Gasteiger partial charge in [0.15, 0.2) is 0 Å². The molecule has 1 heterocycles. The number of thiazole rings is 1. The number of halogens is 4. The third-order valence-corrected chi connectivity index (χ3v) is 4.38. The Bertz CT molecular complexity index is 749. The SMILES string of the molecule is Cc1cnc(C(C)Nc2cc(Cl)c(C(F)(F)F)cc2[N+](=O)[O-])s1. The average molecular weight is 366 g/mol. The van der Waals surface area contributed by atoms with Gasteiger partial charge in [-0.25, -0.2) is 4.98 Å². The lowest BCUT2D eigenvalue weighted by Crippen LogP contribution is -2.11. The number of aromatic nitrogens is 1. The van der Waals surface area contributed by atoms with Crippen molar-refractivity contribution in [1.82, 2.24) is 4.98 Å². The minimum Gasteiger partial charge on any atom is -0.370 e. The fourth-order valence-electron chi connectivity index (χ4n) is 1.91. The Morgan fingerprint density at radius 3 is 2.57 bits per heavy atom. The molecule has 1 aromatic heterocycles. The molecule has 0 fully saturated rings. The van der Waals surface area contributed by atoms with Crippen molar-refractivity contribution in [3.63, 3.8) is 0 Å². The fraction of sp³-hybridized carbons (Fsp3) is 0.308. The summed E-state index contributed by atoms with van der Waals surface area (Å²) in [6.07, 6.45) is -3.12. The summed E-state index contributed by atoms with van der Waals surface area (Å²) >= 11 is 7.01. The molecule has 2 aromatic rings. The zero-order valence-corrected chi connectivity index (χ0v) is 13.5. The van der Waals surface area contributed by atoms with Crippen LogP contribution < -0.4 is 5.32 Å². The number of benzene rings is 1. The maximum absolute atomic E-state index is 12.8. The van der Waals surface area contributed by atoms with E-state index in [9.17, 15) is 23.3 Å². The quantitative estimate of drug-likeness (QED) is 0.597. The van der Waals surface area contributed by atoms with Gasteiger partial charge in [0.25, 0.3) is 5.69 Å². The van der Waals surface area contributed by atoms with Crippen LogP contribution in [0.4, 0.5) is 24.5 Å². The van der Waals surface area contributed by atoms with E-state index in [1.54, 1.807) is 13.1 Å². The predicted molar refractivity (Wildman–Crippen MR) is 82.0 cm³/mol. The van der Waals surface area contributed by atoms with Gasteiger partial charge in [0.1, 0.15) is 10.7 Å². The molecule has 1 aromatic carbocycles. The molecule has 0 spiro atoms. The summed E-state index contributed by atoms with van der Waals surface area (Å²) in [5.41, 5.74) is -2.02. The van der Waals surface area contributed by atoms with E-state index >= 15 is 0 Å². The van der Waals surface area contributed by atoms with Gasteiger partial charge in [0, 0.05) is 17.1 Å². The summed E-state index contributed by atoms with van der Waals surface area (Å²) in [6, 6.07) is 0.935. The minimum atomic E-state index is -4.77. The summed E-state index contributed by atoms with van der Waals surface area (Å²) in [4.78, 5) is 15.3. The van der Waals surface area contributed by atoms with Gasteiger partial charge in [-0.1, -0.05) is 11.6 Å². The normalized spacial score (nSPS) is 13.0. The van der Waals surface area contributed by atoms with Crippen LogP contribution >= 0.6 is 22.9 Å². The molecule has 0 bridgehead atoms. The Hall–Kier alpha value is -1.87. The molecule has 5 nitrogen and oxygen atoms in total. The maximum Gasteiger partial charge on any atom is 0.418 e. The number of alkyl halides is 3. The first-order valence-electron chi connectivity index (χ1n) is 6.33. The molecule has 0 amide bonds. The Morgan fingerprint density at radius 1 is 1.43 bits per heavy atom. The third kappa shape index (κ3) is 3.91. The van der Waals surface area contributed by atoms with E-state index in [4.69, 9.17) is 11.6 Å². The van der Waals surface area contributed by atoms with Crippen molar-refractivity contribution in [3.05, 3.63) is 48.9 Å². The lowest BCUT2D eigenvalue weighted by atomic mass is 10.1. The molecule has 0 aliphatic rings. The van der Waals surface area contributed by atoms with Crippen LogP contribution in [0.15, 0.2) is 18.3 Å². The predicted octanol–water partition coefficient (Wildman–Crippen LogP) is 5.21. The van der Waals surface area contributed by atoms with Gasteiger partial charge in [-0.2, -0.15) is 13.2 Å². The number of hydrogen-bond donors (Lipinski definition) is 1. The molecule has 0 aliphatic heterocycles. The monoisotopic (exact) mass is 365 g/mol. The van der Waals surface area contributed by atoms with Crippen LogP contribution in [-0.2, 0) is 6.18 Å². The molecule has 1 unspecified atom stereocenters. The first-order valence-corrected chi connectivity index (χ1v) is 7.53. The Balaban J connectivity index is 2.41. The second-order valence-electron chi connectivity index (χ2n) is 4.78. The van der Waals surface area contributed by atoms with Crippen LogP contribution in [0.5, 0.6) is 0 Å². The highest BCUT2D eigenvalue weighted by Crippen LogP contribution is 2.41. The summed E-state index contributed by atoms with van der Waals surface area (Å²) in [7, 11) is 0. The van der Waals surface area contributed by atoms with E-state index in [1.165, 1.54) is 11.3 Å². The highest BCUT2D eigenvalue weighted by Gasteiger charge is 2.36. The van der Waals surface area contributed by atoms with Gasteiger partial charge in [-0.3, -0.25) is 10.1 Å². The van der Waals surface area contributed by atoms with Gasteiger partial charge in [-0.15, -0.1) is 11.3 Å². The molecule has 124 valence electrons. The van der Waals surface area contributed by atoms with E-state index in [2.05, 4.69) is 10.3 Å². The number of nitro benzene ring substituents is 1. The van der Waals surface area contributed by atoms with E-state index in [0.717, 1.165) is 10.9 Å². The van der Waals surface area contributed by atoms with Gasteiger partial charge < -0.3 is 5.32 Å². The first-order chi connectivity index (χ1) is 10.6. The van der Waals surface area contributed by atoms with Crippen LogP contribution in [0.25, 0.3) is 0 Å². The first kappa shape index (κ1) is 17.5. The molecule has 23 heavy (non-hydrogen) atoms. The van der Waals surface area contributed by atoms with Gasteiger partial charge in [0.05, 0.1) is 21.6 Å². The van der Waals surface area contributed by atoms with E-state index in [-0.39, 0.29) is 5.69 Å². The number of hydrogen-bond acceptors (Lipinski definition) is 5. The molecule has 10 heteroatoms. The van der Waals surface area contributed by atoms with Gasteiger partial charge in [-0.05, 0) is 19.9 Å². The van der Waals surface area contributed by atoms with E-state index in [1.807, 2.05) is 6.92 Å². The topological polar surface area (TPSA) is 68.1 Å². The molecule has 1 atom stereocenters. The second kappa shape index (κ2) is 6.32. The molecular formula is C13H11ClF3N3O2S. The number of aryl methyl sites for hydroxylation is 1. The van der Waals surface area contributed by atoms with Crippen molar-refractivity contribution in [2.24, 2.45) is 0 Å². The van der Waals surface area contributed by atoms with Crippen molar-refractivity contribution in [3.8, 4) is 0 Å². The molecular weight excluding hydrogens is 355 g/mol. The highest BCUT2D eigenvalue weighted by molar-refractivity contribution is 7.11. The largest absolute Gasteiger partial charge is 0.418 e. The number of anilines is 1. The molecule has 2 rings (SSSR count). The van der Waals surface area contributed by atoms with Crippen LogP contribution in [0, 0.1) is 17.0 Å². The van der Waals surface area contributed by atoms with E-state index in [0.29, 0.717) is 11.1 Å². The number of nitrogens with zero attached hydrogens (tertiary/aromatic N) is 2. The van der Waals surface area contributed by atoms with Crippen LogP contribution in [0.2, 0.25) is 5.02 Å². The Kier molecular flexibility index (Phi) is 4.81. The van der Waals surface area contributed by atoms with Crippen molar-refractivity contribution < 1.29 is 18.1 Å². The maximum atomic E-state index is 12.8. The molecule has 0 saturated carbocycles. The average Bonchev–Trinajstić information content (AvgIpc) is 2.83.